The van der Waals surface area contributed by atoms with Gasteiger partial charge in [0.05, 0.1) is 5.54 Å². The molecule has 1 atom stereocenters. The molecule has 0 fully saturated rings. The quantitative estimate of drug-likeness (QED) is 0.819. The molecule has 2 nitrogen and oxygen atoms in total. The minimum atomic E-state index is -0.336. The Kier molecular flexibility index (Phi) is 4.58. The van der Waals surface area contributed by atoms with Gasteiger partial charge < -0.3 is 5.32 Å². The van der Waals surface area contributed by atoms with Gasteiger partial charge >= 0.3 is 0 Å². The van der Waals surface area contributed by atoms with Crippen molar-refractivity contribution in [3.63, 3.8) is 0 Å². The molecule has 0 aliphatic rings. The Bertz CT molecular complexity index is 411. The van der Waals surface area contributed by atoms with Gasteiger partial charge in [-0.15, -0.1) is 11.6 Å². The van der Waals surface area contributed by atoms with Crippen LogP contribution in [0.15, 0.2) is 18.2 Å². The average Bonchev–Trinajstić information content (AvgIpc) is 2.32. The summed E-state index contributed by atoms with van der Waals surface area (Å²) in [6.45, 7) is 8.01. The van der Waals surface area contributed by atoms with E-state index in [4.69, 9.17) is 11.6 Å². The van der Waals surface area contributed by atoms with Crippen LogP contribution in [0.1, 0.15) is 41.8 Å². The molecule has 1 amide bonds. The summed E-state index contributed by atoms with van der Waals surface area (Å²) in [5.41, 5.74) is 2.68. The van der Waals surface area contributed by atoms with Gasteiger partial charge in [-0.25, -0.2) is 0 Å². The Morgan fingerprint density at radius 2 is 2.00 bits per heavy atom. The third-order valence-corrected chi connectivity index (χ3v) is 3.85. The van der Waals surface area contributed by atoms with Crippen molar-refractivity contribution < 1.29 is 4.79 Å². The first-order chi connectivity index (χ1) is 7.91. The molecule has 0 spiro atoms. The molecule has 3 heteroatoms. The topological polar surface area (TPSA) is 29.1 Å². The summed E-state index contributed by atoms with van der Waals surface area (Å²) in [6, 6.07) is 5.73. The van der Waals surface area contributed by atoms with Gasteiger partial charge in [-0.1, -0.05) is 13.0 Å². The standard InChI is InChI=1S/C14H20ClNO/c1-5-14(4,9-15)16-13(17)12-7-6-10(2)11(3)8-12/h6-8H,5,9H2,1-4H3,(H,16,17). The molecule has 0 radical (unpaired) electrons. The van der Waals surface area contributed by atoms with E-state index < -0.39 is 0 Å². The maximum absolute atomic E-state index is 12.1. The molecule has 17 heavy (non-hydrogen) atoms. The second-order valence-electron chi connectivity index (χ2n) is 4.80. The lowest BCUT2D eigenvalue weighted by Gasteiger charge is -2.27. The van der Waals surface area contributed by atoms with E-state index in [0.717, 1.165) is 12.0 Å². The van der Waals surface area contributed by atoms with Crippen LogP contribution < -0.4 is 5.32 Å². The summed E-state index contributed by atoms with van der Waals surface area (Å²) < 4.78 is 0. The molecular formula is C14H20ClNO. The number of carbonyl (C=O) groups is 1. The molecule has 94 valence electrons. The van der Waals surface area contributed by atoms with Crippen molar-refractivity contribution >= 4 is 17.5 Å². The van der Waals surface area contributed by atoms with Crippen LogP contribution in [0.3, 0.4) is 0 Å². The van der Waals surface area contributed by atoms with Crippen molar-refractivity contribution in [3.05, 3.63) is 34.9 Å². The zero-order valence-electron chi connectivity index (χ0n) is 10.9. The SMILES string of the molecule is CCC(C)(CCl)NC(=O)c1ccc(C)c(C)c1. The van der Waals surface area contributed by atoms with E-state index in [1.807, 2.05) is 45.9 Å². The molecular weight excluding hydrogens is 234 g/mol. The molecule has 0 aliphatic carbocycles. The number of carbonyl (C=O) groups excluding carboxylic acids is 1. The van der Waals surface area contributed by atoms with Crippen molar-refractivity contribution in [2.75, 3.05) is 5.88 Å². The summed E-state index contributed by atoms with van der Waals surface area (Å²) in [5, 5.41) is 2.98. The Morgan fingerprint density at radius 1 is 1.35 bits per heavy atom. The zero-order valence-corrected chi connectivity index (χ0v) is 11.7. The summed E-state index contributed by atoms with van der Waals surface area (Å²) in [7, 11) is 0. The molecule has 1 aromatic carbocycles. The first-order valence-electron chi connectivity index (χ1n) is 5.87. The molecule has 0 aromatic heterocycles. The van der Waals surface area contributed by atoms with E-state index in [0.29, 0.717) is 11.4 Å². The maximum Gasteiger partial charge on any atom is 0.251 e. The van der Waals surface area contributed by atoms with Crippen LogP contribution in [0.4, 0.5) is 0 Å². The van der Waals surface area contributed by atoms with E-state index in [2.05, 4.69) is 5.32 Å². The summed E-state index contributed by atoms with van der Waals surface area (Å²) >= 11 is 5.88. The van der Waals surface area contributed by atoms with E-state index in [1.165, 1.54) is 5.56 Å². The van der Waals surface area contributed by atoms with Crippen LogP contribution in [-0.2, 0) is 0 Å². The number of halogens is 1. The van der Waals surface area contributed by atoms with Gasteiger partial charge in [-0.2, -0.15) is 0 Å². The second kappa shape index (κ2) is 5.54. The molecule has 0 saturated carbocycles. The number of rotatable bonds is 4. The van der Waals surface area contributed by atoms with Gasteiger partial charge in [0.1, 0.15) is 0 Å². The third-order valence-electron chi connectivity index (χ3n) is 3.26. The average molecular weight is 254 g/mol. The fourth-order valence-corrected chi connectivity index (χ4v) is 1.70. The second-order valence-corrected chi connectivity index (χ2v) is 5.07. The number of benzene rings is 1. The number of alkyl halides is 1. The predicted molar refractivity (Wildman–Crippen MR) is 72.8 cm³/mol. The number of hydrogen-bond acceptors (Lipinski definition) is 1. The first-order valence-corrected chi connectivity index (χ1v) is 6.41. The Hall–Kier alpha value is -1.02. The molecule has 0 heterocycles. The molecule has 0 aliphatic heterocycles. The molecule has 1 N–H and O–H groups in total. The van der Waals surface area contributed by atoms with E-state index >= 15 is 0 Å². The summed E-state index contributed by atoms with van der Waals surface area (Å²) in [6.07, 6.45) is 0.813. The Labute approximate surface area is 108 Å². The lowest BCUT2D eigenvalue weighted by molar-refractivity contribution is 0.0912. The highest BCUT2D eigenvalue weighted by Gasteiger charge is 2.23. The highest BCUT2D eigenvalue weighted by atomic mass is 35.5. The maximum atomic E-state index is 12.1. The monoisotopic (exact) mass is 253 g/mol. The van der Waals surface area contributed by atoms with Crippen LogP contribution in [0, 0.1) is 13.8 Å². The minimum Gasteiger partial charge on any atom is -0.346 e. The first kappa shape index (κ1) is 14.0. The number of hydrogen-bond donors (Lipinski definition) is 1. The Balaban J connectivity index is 2.86. The normalized spacial score (nSPS) is 14.2. The van der Waals surface area contributed by atoms with Crippen LogP contribution in [-0.4, -0.2) is 17.3 Å². The van der Waals surface area contributed by atoms with Gasteiger partial charge in [-0.3, -0.25) is 4.79 Å². The van der Waals surface area contributed by atoms with Crippen molar-refractivity contribution in [2.45, 2.75) is 39.7 Å². The highest BCUT2D eigenvalue weighted by Crippen LogP contribution is 2.14. The van der Waals surface area contributed by atoms with Crippen molar-refractivity contribution in [3.8, 4) is 0 Å². The number of amides is 1. The molecule has 1 aromatic rings. The van der Waals surface area contributed by atoms with Crippen LogP contribution in [0.5, 0.6) is 0 Å². The third kappa shape index (κ3) is 3.47. The fourth-order valence-electron chi connectivity index (χ4n) is 1.45. The zero-order chi connectivity index (χ0) is 13.1. The van der Waals surface area contributed by atoms with Crippen molar-refractivity contribution in [1.29, 1.82) is 0 Å². The van der Waals surface area contributed by atoms with Crippen LogP contribution >= 0.6 is 11.6 Å². The number of aryl methyl sites for hydroxylation is 2. The van der Waals surface area contributed by atoms with Gasteiger partial charge in [0.2, 0.25) is 0 Å². The van der Waals surface area contributed by atoms with Crippen molar-refractivity contribution in [2.24, 2.45) is 0 Å². The summed E-state index contributed by atoms with van der Waals surface area (Å²) in [4.78, 5) is 12.1. The van der Waals surface area contributed by atoms with E-state index in [1.54, 1.807) is 0 Å². The van der Waals surface area contributed by atoms with Gasteiger partial charge in [0, 0.05) is 11.4 Å². The van der Waals surface area contributed by atoms with E-state index in [9.17, 15) is 4.79 Å². The van der Waals surface area contributed by atoms with Crippen LogP contribution in [0.25, 0.3) is 0 Å². The summed E-state index contributed by atoms with van der Waals surface area (Å²) in [5.74, 6) is 0.359. The van der Waals surface area contributed by atoms with E-state index in [-0.39, 0.29) is 11.4 Å². The lowest BCUT2D eigenvalue weighted by Crippen LogP contribution is -2.47. The fraction of sp³-hybridized carbons (Fsp3) is 0.500. The van der Waals surface area contributed by atoms with Crippen LogP contribution in [0.2, 0.25) is 0 Å². The highest BCUT2D eigenvalue weighted by molar-refractivity contribution is 6.18. The van der Waals surface area contributed by atoms with Gasteiger partial charge in [0.25, 0.3) is 5.91 Å². The number of nitrogens with one attached hydrogen (secondary N) is 1. The molecule has 0 saturated heterocycles. The smallest absolute Gasteiger partial charge is 0.251 e. The Morgan fingerprint density at radius 3 is 2.47 bits per heavy atom. The predicted octanol–water partition coefficient (Wildman–Crippen LogP) is 3.44. The van der Waals surface area contributed by atoms with Gasteiger partial charge in [0.15, 0.2) is 0 Å². The molecule has 0 bridgehead atoms. The van der Waals surface area contributed by atoms with Crippen molar-refractivity contribution in [1.82, 2.24) is 5.32 Å². The molecule has 1 unspecified atom stereocenters. The largest absolute Gasteiger partial charge is 0.346 e. The minimum absolute atomic E-state index is 0.0573. The lowest BCUT2D eigenvalue weighted by atomic mass is 10.00. The van der Waals surface area contributed by atoms with Gasteiger partial charge in [-0.05, 0) is 50.5 Å². The molecule has 1 rings (SSSR count).